The van der Waals surface area contributed by atoms with Crippen LogP contribution in [0.3, 0.4) is 0 Å². The highest BCUT2D eigenvalue weighted by Gasteiger charge is 2.15. The summed E-state index contributed by atoms with van der Waals surface area (Å²) in [5.41, 5.74) is 1.03. The molecule has 98 valence electrons. The highest BCUT2D eigenvalue weighted by Crippen LogP contribution is 2.27. The third-order valence-corrected chi connectivity index (χ3v) is 4.90. The summed E-state index contributed by atoms with van der Waals surface area (Å²) in [7, 11) is 0. The lowest BCUT2D eigenvalue weighted by Gasteiger charge is -2.22. The molecule has 0 spiro atoms. The van der Waals surface area contributed by atoms with Gasteiger partial charge in [0.25, 0.3) is 0 Å². The fourth-order valence-electron chi connectivity index (χ4n) is 2.04. The molecule has 1 heterocycles. The average molecular weight is 330 g/mol. The average Bonchev–Trinajstić information content (AvgIpc) is 2.37. The molecule has 2 N–H and O–H groups in total. The van der Waals surface area contributed by atoms with E-state index in [1.165, 1.54) is 25.0 Å². The summed E-state index contributed by atoms with van der Waals surface area (Å²) in [5, 5.41) is 13.0. The van der Waals surface area contributed by atoms with Gasteiger partial charge in [0.1, 0.15) is 0 Å². The first-order valence-electron chi connectivity index (χ1n) is 6.05. The van der Waals surface area contributed by atoms with Crippen LogP contribution in [0.15, 0.2) is 22.7 Å². The van der Waals surface area contributed by atoms with Gasteiger partial charge in [0.15, 0.2) is 0 Å². The first-order valence-corrected chi connectivity index (χ1v) is 7.89. The quantitative estimate of drug-likeness (QED) is 0.880. The molecule has 1 aliphatic rings. The molecule has 18 heavy (non-hydrogen) atoms. The number of benzene rings is 1. The second-order valence-electron chi connectivity index (χ2n) is 4.36. The van der Waals surface area contributed by atoms with Gasteiger partial charge in [-0.1, -0.05) is 22.4 Å². The smallest absolute Gasteiger partial charge is 0.337 e. The van der Waals surface area contributed by atoms with E-state index in [4.69, 9.17) is 5.11 Å². The van der Waals surface area contributed by atoms with Gasteiger partial charge in [0.05, 0.1) is 5.56 Å². The number of rotatable bonds is 4. The molecule has 1 aromatic rings. The molecule has 0 amide bonds. The fourth-order valence-corrected chi connectivity index (χ4v) is 3.64. The number of carboxylic acid groups (broad SMARTS) is 1. The molecule has 1 atom stereocenters. The van der Waals surface area contributed by atoms with Crippen molar-refractivity contribution in [2.24, 2.45) is 0 Å². The molecule has 1 unspecified atom stereocenters. The maximum Gasteiger partial charge on any atom is 0.337 e. The lowest BCUT2D eigenvalue weighted by Crippen LogP contribution is -2.21. The molecule has 0 radical (unpaired) electrons. The van der Waals surface area contributed by atoms with Crippen molar-refractivity contribution < 1.29 is 9.90 Å². The number of aromatic carboxylic acids is 1. The second kappa shape index (κ2) is 6.48. The van der Waals surface area contributed by atoms with E-state index in [0.29, 0.717) is 16.5 Å². The van der Waals surface area contributed by atoms with Gasteiger partial charge in [-0.3, -0.25) is 0 Å². The van der Waals surface area contributed by atoms with Gasteiger partial charge in [-0.05, 0) is 36.8 Å². The first kappa shape index (κ1) is 13.7. The number of thioether (sulfide) groups is 1. The van der Waals surface area contributed by atoms with Crippen molar-refractivity contribution in [3.05, 3.63) is 28.2 Å². The number of carboxylic acids is 1. The van der Waals surface area contributed by atoms with E-state index in [0.717, 1.165) is 11.0 Å². The molecule has 1 saturated heterocycles. The Morgan fingerprint density at radius 2 is 2.33 bits per heavy atom. The second-order valence-corrected chi connectivity index (χ2v) is 6.69. The topological polar surface area (TPSA) is 49.3 Å². The summed E-state index contributed by atoms with van der Waals surface area (Å²) in [4.78, 5) is 11.1. The maximum atomic E-state index is 11.1. The van der Waals surface area contributed by atoms with Crippen molar-refractivity contribution in [3.8, 4) is 0 Å². The first-order chi connectivity index (χ1) is 8.66. The van der Waals surface area contributed by atoms with Crippen LogP contribution in [0.1, 0.15) is 29.6 Å². The Balaban J connectivity index is 2.03. The number of anilines is 1. The molecule has 0 aromatic heterocycles. The standard InChI is InChI=1S/C13H16BrNO2S/c14-9-4-5-11(13(16)17)12(7-9)15-8-10-3-1-2-6-18-10/h4-5,7,10,15H,1-3,6,8H2,(H,16,17). The van der Waals surface area contributed by atoms with Crippen LogP contribution < -0.4 is 5.32 Å². The maximum absolute atomic E-state index is 11.1. The Morgan fingerprint density at radius 3 is 3.00 bits per heavy atom. The van der Waals surface area contributed by atoms with Crippen LogP contribution in [0.2, 0.25) is 0 Å². The highest BCUT2D eigenvalue weighted by molar-refractivity contribution is 9.10. The van der Waals surface area contributed by atoms with E-state index in [-0.39, 0.29) is 0 Å². The minimum atomic E-state index is -0.888. The van der Waals surface area contributed by atoms with Crippen molar-refractivity contribution in [1.82, 2.24) is 0 Å². The molecule has 2 rings (SSSR count). The van der Waals surface area contributed by atoms with Gasteiger partial charge in [-0.2, -0.15) is 11.8 Å². The minimum absolute atomic E-state index is 0.332. The van der Waals surface area contributed by atoms with Gasteiger partial charge < -0.3 is 10.4 Å². The van der Waals surface area contributed by atoms with E-state index in [1.54, 1.807) is 12.1 Å². The third kappa shape index (κ3) is 3.65. The Kier molecular flexibility index (Phi) is 4.95. The molecule has 1 aliphatic heterocycles. The minimum Gasteiger partial charge on any atom is -0.478 e. The predicted octanol–water partition coefficient (Wildman–Crippen LogP) is 3.84. The Labute approximate surface area is 119 Å². The SMILES string of the molecule is O=C(O)c1ccc(Br)cc1NCC1CCCCS1. The lowest BCUT2D eigenvalue weighted by atomic mass is 10.1. The molecule has 5 heteroatoms. The summed E-state index contributed by atoms with van der Waals surface area (Å²) in [5.74, 6) is 0.331. The molecule has 0 aliphatic carbocycles. The molecule has 1 fully saturated rings. The van der Waals surface area contributed by atoms with E-state index in [2.05, 4.69) is 21.2 Å². The molecule has 0 bridgehead atoms. The molecular formula is C13H16BrNO2S. The third-order valence-electron chi connectivity index (χ3n) is 3.01. The zero-order valence-electron chi connectivity index (χ0n) is 9.99. The van der Waals surface area contributed by atoms with Crippen LogP contribution in [-0.4, -0.2) is 28.6 Å². The molecule has 1 aromatic carbocycles. The number of hydrogen-bond acceptors (Lipinski definition) is 3. The summed E-state index contributed by atoms with van der Waals surface area (Å²) >= 11 is 5.35. The molecule has 0 saturated carbocycles. The van der Waals surface area contributed by atoms with E-state index < -0.39 is 5.97 Å². The van der Waals surface area contributed by atoms with Crippen LogP contribution in [0.5, 0.6) is 0 Å². The fraction of sp³-hybridized carbons (Fsp3) is 0.462. The van der Waals surface area contributed by atoms with Crippen LogP contribution in [0, 0.1) is 0 Å². The van der Waals surface area contributed by atoms with Crippen LogP contribution >= 0.6 is 27.7 Å². The van der Waals surface area contributed by atoms with Gasteiger partial charge in [-0.25, -0.2) is 4.79 Å². The van der Waals surface area contributed by atoms with Crippen molar-refractivity contribution in [3.63, 3.8) is 0 Å². The Morgan fingerprint density at radius 1 is 1.50 bits per heavy atom. The van der Waals surface area contributed by atoms with Gasteiger partial charge >= 0.3 is 5.97 Å². The monoisotopic (exact) mass is 329 g/mol. The number of hydrogen-bond donors (Lipinski definition) is 2. The van der Waals surface area contributed by atoms with E-state index in [1.807, 2.05) is 17.8 Å². The summed E-state index contributed by atoms with van der Waals surface area (Å²) in [6.45, 7) is 0.835. The molecular weight excluding hydrogens is 314 g/mol. The zero-order valence-corrected chi connectivity index (χ0v) is 12.4. The largest absolute Gasteiger partial charge is 0.478 e. The van der Waals surface area contributed by atoms with Gasteiger partial charge in [0.2, 0.25) is 0 Å². The Bertz CT molecular complexity index is 433. The number of nitrogens with one attached hydrogen (secondary N) is 1. The van der Waals surface area contributed by atoms with Crippen molar-refractivity contribution in [1.29, 1.82) is 0 Å². The van der Waals surface area contributed by atoms with Crippen molar-refractivity contribution in [2.75, 3.05) is 17.6 Å². The Hall–Kier alpha value is -0.680. The van der Waals surface area contributed by atoms with Crippen LogP contribution in [0.4, 0.5) is 5.69 Å². The normalized spacial score (nSPS) is 19.5. The number of halogens is 1. The van der Waals surface area contributed by atoms with Crippen LogP contribution in [0.25, 0.3) is 0 Å². The van der Waals surface area contributed by atoms with E-state index in [9.17, 15) is 4.79 Å². The zero-order chi connectivity index (χ0) is 13.0. The summed E-state index contributed by atoms with van der Waals surface area (Å²) in [6, 6.07) is 5.21. The lowest BCUT2D eigenvalue weighted by molar-refractivity contribution is 0.0698. The predicted molar refractivity (Wildman–Crippen MR) is 79.7 cm³/mol. The van der Waals surface area contributed by atoms with Crippen molar-refractivity contribution in [2.45, 2.75) is 24.5 Å². The van der Waals surface area contributed by atoms with Crippen molar-refractivity contribution >= 4 is 39.3 Å². The van der Waals surface area contributed by atoms with Gasteiger partial charge in [0, 0.05) is 22.0 Å². The molecule has 3 nitrogen and oxygen atoms in total. The number of carbonyl (C=O) groups is 1. The van der Waals surface area contributed by atoms with E-state index >= 15 is 0 Å². The van der Waals surface area contributed by atoms with Crippen LogP contribution in [-0.2, 0) is 0 Å². The summed E-state index contributed by atoms with van der Waals surface area (Å²) < 4.78 is 0.895. The highest BCUT2D eigenvalue weighted by atomic mass is 79.9. The van der Waals surface area contributed by atoms with Gasteiger partial charge in [-0.15, -0.1) is 0 Å². The summed E-state index contributed by atoms with van der Waals surface area (Å²) in [6.07, 6.45) is 3.80.